The summed E-state index contributed by atoms with van der Waals surface area (Å²) in [6.07, 6.45) is 3.01. The standard InChI is InChI=1S/C21H36N4O3S/c1-6-22-21(23-14-19-8-7-13-25(19)29(5,26)27)24-17(4)18-9-11-20(12-10-18)28-15-16(2)3/h9-12,16-17,19H,6-8,13-15H2,1-5H3,(H2,22,23,24)/t17?,19-/m1/s1. The van der Waals surface area contributed by atoms with Gasteiger partial charge in [0.15, 0.2) is 5.96 Å². The zero-order valence-corrected chi connectivity index (χ0v) is 19.1. The summed E-state index contributed by atoms with van der Waals surface area (Å²) < 4.78 is 31.2. The Balaban J connectivity index is 1.99. The zero-order valence-electron chi connectivity index (χ0n) is 18.3. The summed E-state index contributed by atoms with van der Waals surface area (Å²) in [7, 11) is -3.18. The Labute approximate surface area is 176 Å². The van der Waals surface area contributed by atoms with Gasteiger partial charge in [0.1, 0.15) is 5.75 Å². The molecule has 8 heteroatoms. The molecule has 0 bridgehead atoms. The number of nitrogens with one attached hydrogen (secondary N) is 2. The highest BCUT2D eigenvalue weighted by Crippen LogP contribution is 2.21. The second kappa shape index (κ2) is 10.8. The van der Waals surface area contributed by atoms with Gasteiger partial charge in [-0.1, -0.05) is 26.0 Å². The SMILES string of the molecule is CCNC(=NC[C@H]1CCCN1S(C)(=O)=O)NC(C)c1ccc(OCC(C)C)cc1. The number of nitrogens with zero attached hydrogens (tertiary/aromatic N) is 2. The van der Waals surface area contributed by atoms with Gasteiger partial charge >= 0.3 is 0 Å². The van der Waals surface area contributed by atoms with E-state index in [9.17, 15) is 8.42 Å². The van der Waals surface area contributed by atoms with E-state index in [0.29, 0.717) is 31.6 Å². The van der Waals surface area contributed by atoms with Gasteiger partial charge in [0.05, 0.1) is 25.4 Å². The lowest BCUT2D eigenvalue weighted by Gasteiger charge is -2.22. The van der Waals surface area contributed by atoms with Crippen molar-refractivity contribution >= 4 is 16.0 Å². The molecule has 1 aliphatic rings. The molecule has 1 unspecified atom stereocenters. The highest BCUT2D eigenvalue weighted by atomic mass is 32.2. The molecule has 0 aliphatic carbocycles. The number of hydrogen-bond donors (Lipinski definition) is 2. The average Bonchev–Trinajstić information content (AvgIpc) is 3.14. The van der Waals surface area contributed by atoms with Crippen LogP contribution in [0.25, 0.3) is 0 Å². The lowest BCUT2D eigenvalue weighted by molar-refractivity contribution is 0.271. The summed E-state index contributed by atoms with van der Waals surface area (Å²) in [5.41, 5.74) is 1.13. The predicted octanol–water partition coefficient (Wildman–Crippen LogP) is 2.76. The van der Waals surface area contributed by atoms with Crippen LogP contribution in [0, 0.1) is 5.92 Å². The Morgan fingerprint density at radius 1 is 1.28 bits per heavy atom. The number of rotatable bonds is 9. The monoisotopic (exact) mass is 424 g/mol. The fourth-order valence-corrected chi connectivity index (χ4v) is 4.52. The summed E-state index contributed by atoms with van der Waals surface area (Å²) in [6.45, 7) is 10.8. The molecule has 7 nitrogen and oxygen atoms in total. The van der Waals surface area contributed by atoms with Crippen molar-refractivity contribution in [3.8, 4) is 5.75 Å². The molecule has 1 aromatic carbocycles. The first-order valence-electron chi connectivity index (χ1n) is 10.4. The molecular formula is C21H36N4O3S. The third kappa shape index (κ3) is 7.51. The quantitative estimate of drug-likeness (QED) is 0.470. The Morgan fingerprint density at radius 3 is 2.55 bits per heavy atom. The maximum atomic E-state index is 11.9. The van der Waals surface area contributed by atoms with E-state index in [-0.39, 0.29) is 12.1 Å². The molecule has 29 heavy (non-hydrogen) atoms. The highest BCUT2D eigenvalue weighted by molar-refractivity contribution is 7.88. The molecule has 1 aromatic rings. The second-order valence-corrected chi connectivity index (χ2v) is 9.96. The van der Waals surface area contributed by atoms with Crippen molar-refractivity contribution in [2.45, 2.75) is 52.6 Å². The number of aliphatic imine (C=N–C) groups is 1. The summed E-state index contributed by atoms with van der Waals surface area (Å²) >= 11 is 0. The van der Waals surface area contributed by atoms with Crippen LogP contribution in [0.3, 0.4) is 0 Å². The topological polar surface area (TPSA) is 83.0 Å². The van der Waals surface area contributed by atoms with Crippen LogP contribution in [0.4, 0.5) is 0 Å². The fraction of sp³-hybridized carbons (Fsp3) is 0.667. The minimum atomic E-state index is -3.18. The molecular weight excluding hydrogens is 388 g/mol. The first-order chi connectivity index (χ1) is 13.7. The van der Waals surface area contributed by atoms with Gasteiger partial charge < -0.3 is 15.4 Å². The average molecular weight is 425 g/mol. The van der Waals surface area contributed by atoms with E-state index < -0.39 is 10.0 Å². The highest BCUT2D eigenvalue weighted by Gasteiger charge is 2.31. The largest absolute Gasteiger partial charge is 0.493 e. The van der Waals surface area contributed by atoms with Crippen molar-refractivity contribution < 1.29 is 13.2 Å². The van der Waals surface area contributed by atoms with Gasteiger partial charge in [0, 0.05) is 19.1 Å². The van der Waals surface area contributed by atoms with Crippen molar-refractivity contribution in [1.29, 1.82) is 0 Å². The lowest BCUT2D eigenvalue weighted by Crippen LogP contribution is -2.41. The summed E-state index contributed by atoms with van der Waals surface area (Å²) in [5, 5.41) is 6.66. The van der Waals surface area contributed by atoms with Crippen molar-refractivity contribution in [3.63, 3.8) is 0 Å². The summed E-state index contributed by atoms with van der Waals surface area (Å²) in [5.74, 6) is 2.06. The molecule has 0 amide bonds. The molecule has 1 fully saturated rings. The van der Waals surface area contributed by atoms with E-state index in [4.69, 9.17) is 4.74 Å². The Morgan fingerprint density at radius 2 is 1.97 bits per heavy atom. The van der Waals surface area contributed by atoms with Crippen LogP contribution in [0.1, 0.15) is 52.1 Å². The lowest BCUT2D eigenvalue weighted by atomic mass is 10.1. The Kier molecular flexibility index (Phi) is 8.77. The first kappa shape index (κ1) is 23.5. The number of sulfonamides is 1. The van der Waals surface area contributed by atoms with Crippen LogP contribution >= 0.6 is 0 Å². The Hall–Kier alpha value is -1.80. The molecule has 164 valence electrons. The first-order valence-corrected chi connectivity index (χ1v) is 12.3. The molecule has 0 spiro atoms. The van der Waals surface area contributed by atoms with Crippen molar-refractivity contribution in [1.82, 2.24) is 14.9 Å². The predicted molar refractivity (Wildman–Crippen MR) is 119 cm³/mol. The minimum absolute atomic E-state index is 0.0570. The fourth-order valence-electron chi connectivity index (χ4n) is 3.35. The Bertz CT molecular complexity index is 763. The van der Waals surface area contributed by atoms with Crippen molar-refractivity contribution in [2.75, 3.05) is 32.5 Å². The van der Waals surface area contributed by atoms with Crippen LogP contribution < -0.4 is 15.4 Å². The molecule has 1 saturated heterocycles. The number of hydrogen-bond acceptors (Lipinski definition) is 4. The molecule has 1 heterocycles. The van der Waals surface area contributed by atoms with Gasteiger partial charge in [-0.3, -0.25) is 4.99 Å². The van der Waals surface area contributed by atoms with E-state index in [0.717, 1.165) is 30.7 Å². The molecule has 0 aromatic heterocycles. The third-order valence-corrected chi connectivity index (χ3v) is 6.20. The van der Waals surface area contributed by atoms with Crippen LogP contribution in [-0.4, -0.2) is 57.2 Å². The normalized spacial score (nSPS) is 19.4. The molecule has 1 aliphatic heterocycles. The van der Waals surface area contributed by atoms with Gasteiger partial charge in [-0.25, -0.2) is 8.42 Å². The van der Waals surface area contributed by atoms with E-state index in [1.165, 1.54) is 6.26 Å². The van der Waals surface area contributed by atoms with Crippen LogP contribution in [-0.2, 0) is 10.0 Å². The van der Waals surface area contributed by atoms with E-state index in [1.54, 1.807) is 4.31 Å². The third-order valence-electron chi connectivity index (χ3n) is 4.87. The molecule has 0 radical (unpaired) electrons. The molecule has 0 saturated carbocycles. The number of guanidine groups is 1. The van der Waals surface area contributed by atoms with Gasteiger partial charge in [-0.05, 0) is 50.3 Å². The number of ether oxygens (including phenoxy) is 1. The molecule has 2 rings (SSSR count). The summed E-state index contributed by atoms with van der Waals surface area (Å²) in [6, 6.07) is 8.08. The van der Waals surface area contributed by atoms with E-state index in [1.807, 2.05) is 19.1 Å². The second-order valence-electron chi connectivity index (χ2n) is 8.03. The van der Waals surface area contributed by atoms with Crippen LogP contribution in [0.5, 0.6) is 5.75 Å². The van der Waals surface area contributed by atoms with Gasteiger partial charge in [-0.2, -0.15) is 4.31 Å². The van der Waals surface area contributed by atoms with Gasteiger partial charge in [-0.15, -0.1) is 0 Å². The van der Waals surface area contributed by atoms with Crippen molar-refractivity contribution in [2.24, 2.45) is 10.9 Å². The number of benzene rings is 1. The zero-order chi connectivity index (χ0) is 21.4. The molecule has 2 N–H and O–H groups in total. The van der Waals surface area contributed by atoms with Gasteiger partial charge in [0.25, 0.3) is 0 Å². The van der Waals surface area contributed by atoms with Gasteiger partial charge in [0.2, 0.25) is 10.0 Å². The minimum Gasteiger partial charge on any atom is -0.493 e. The smallest absolute Gasteiger partial charge is 0.211 e. The van der Waals surface area contributed by atoms with Crippen molar-refractivity contribution in [3.05, 3.63) is 29.8 Å². The summed E-state index contributed by atoms with van der Waals surface area (Å²) in [4.78, 5) is 4.65. The maximum Gasteiger partial charge on any atom is 0.211 e. The van der Waals surface area contributed by atoms with Crippen LogP contribution in [0.2, 0.25) is 0 Å². The molecule has 2 atom stereocenters. The van der Waals surface area contributed by atoms with E-state index in [2.05, 4.69) is 48.5 Å². The van der Waals surface area contributed by atoms with E-state index >= 15 is 0 Å². The maximum absolute atomic E-state index is 11.9. The van der Waals surface area contributed by atoms with Crippen LogP contribution in [0.15, 0.2) is 29.3 Å².